The Morgan fingerprint density at radius 1 is 1.36 bits per heavy atom. The number of benzene rings is 1. The number of fused-ring (bicyclic) bond motifs is 1. The quantitative estimate of drug-likeness (QED) is 0.878. The normalized spacial score (nSPS) is 18.0. The van der Waals surface area contributed by atoms with E-state index in [4.69, 9.17) is 0 Å². The van der Waals surface area contributed by atoms with Crippen molar-refractivity contribution in [3.05, 3.63) is 54.1 Å². The highest BCUT2D eigenvalue weighted by Crippen LogP contribution is 2.25. The van der Waals surface area contributed by atoms with Gasteiger partial charge in [-0.2, -0.15) is 0 Å². The van der Waals surface area contributed by atoms with Crippen LogP contribution in [0.5, 0.6) is 0 Å². The number of aliphatic hydroxyl groups is 1. The van der Waals surface area contributed by atoms with Crippen LogP contribution in [-0.4, -0.2) is 38.1 Å². The molecule has 1 N–H and O–H groups in total. The molecule has 5 heteroatoms. The van der Waals surface area contributed by atoms with Crippen molar-refractivity contribution in [3.63, 3.8) is 0 Å². The zero-order valence-corrected chi connectivity index (χ0v) is 15.0. The fourth-order valence-corrected chi connectivity index (χ4v) is 3.60. The van der Waals surface area contributed by atoms with Crippen molar-refractivity contribution in [1.82, 2.24) is 14.5 Å². The summed E-state index contributed by atoms with van der Waals surface area (Å²) >= 11 is 0. The molecule has 1 aliphatic heterocycles. The van der Waals surface area contributed by atoms with Crippen LogP contribution in [0.1, 0.15) is 31.7 Å². The van der Waals surface area contributed by atoms with Crippen molar-refractivity contribution in [3.8, 4) is 0 Å². The minimum atomic E-state index is -0.172. The number of hydrogen-bond acceptors (Lipinski definition) is 3. The van der Waals surface area contributed by atoms with Gasteiger partial charge in [0, 0.05) is 37.8 Å². The highest BCUT2D eigenvalue weighted by atomic mass is 16.3. The third kappa shape index (κ3) is 3.93. The Morgan fingerprint density at radius 3 is 2.80 bits per heavy atom. The first kappa shape index (κ1) is 17.7. The lowest BCUT2D eigenvalue weighted by molar-refractivity contribution is -0.141. The molecule has 2 heterocycles. The molecule has 2 unspecified atom stereocenters. The van der Waals surface area contributed by atoms with E-state index in [9.17, 15) is 9.90 Å². The van der Waals surface area contributed by atoms with Crippen molar-refractivity contribution >= 4 is 5.91 Å². The van der Waals surface area contributed by atoms with Crippen molar-refractivity contribution in [2.45, 2.75) is 45.8 Å². The van der Waals surface area contributed by atoms with Gasteiger partial charge in [-0.3, -0.25) is 4.79 Å². The number of imidazole rings is 1. The Labute approximate surface area is 149 Å². The molecule has 2 aromatic rings. The van der Waals surface area contributed by atoms with E-state index in [2.05, 4.69) is 23.4 Å². The van der Waals surface area contributed by atoms with E-state index in [1.54, 1.807) is 6.20 Å². The van der Waals surface area contributed by atoms with Gasteiger partial charge in [-0.1, -0.05) is 44.2 Å². The monoisotopic (exact) mass is 341 g/mol. The van der Waals surface area contributed by atoms with Gasteiger partial charge in [-0.05, 0) is 17.9 Å². The van der Waals surface area contributed by atoms with Crippen LogP contribution >= 0.6 is 0 Å². The van der Waals surface area contributed by atoms with Gasteiger partial charge in [0.05, 0.1) is 12.6 Å². The summed E-state index contributed by atoms with van der Waals surface area (Å²) in [7, 11) is 0. The first-order valence-corrected chi connectivity index (χ1v) is 9.05. The summed E-state index contributed by atoms with van der Waals surface area (Å²) in [6, 6.07) is 9.83. The van der Waals surface area contributed by atoms with Crippen molar-refractivity contribution in [2.24, 2.45) is 11.8 Å². The summed E-state index contributed by atoms with van der Waals surface area (Å²) in [6.45, 7) is 5.46. The van der Waals surface area contributed by atoms with Crippen molar-refractivity contribution in [2.75, 3.05) is 6.61 Å². The van der Waals surface area contributed by atoms with Gasteiger partial charge >= 0.3 is 0 Å². The maximum atomic E-state index is 13.3. The van der Waals surface area contributed by atoms with Crippen LogP contribution in [-0.2, 0) is 24.3 Å². The molecule has 3 rings (SSSR count). The average molecular weight is 341 g/mol. The topological polar surface area (TPSA) is 58.4 Å². The molecular weight excluding hydrogens is 314 g/mol. The van der Waals surface area contributed by atoms with E-state index in [0.717, 1.165) is 24.4 Å². The van der Waals surface area contributed by atoms with Crippen LogP contribution in [0.15, 0.2) is 42.7 Å². The maximum absolute atomic E-state index is 13.3. The van der Waals surface area contributed by atoms with E-state index < -0.39 is 0 Å². The third-order valence-electron chi connectivity index (χ3n) is 5.13. The fraction of sp³-hybridized carbons (Fsp3) is 0.500. The van der Waals surface area contributed by atoms with Gasteiger partial charge in [0.2, 0.25) is 5.91 Å². The zero-order valence-electron chi connectivity index (χ0n) is 15.0. The maximum Gasteiger partial charge on any atom is 0.226 e. The molecule has 2 atom stereocenters. The van der Waals surface area contributed by atoms with Gasteiger partial charge in [0.25, 0.3) is 0 Å². The number of carbonyl (C=O) groups is 1. The predicted molar refractivity (Wildman–Crippen MR) is 96.7 cm³/mol. The van der Waals surface area contributed by atoms with Gasteiger partial charge in [0.1, 0.15) is 5.82 Å². The van der Waals surface area contributed by atoms with Crippen LogP contribution < -0.4 is 0 Å². The third-order valence-corrected chi connectivity index (χ3v) is 5.13. The number of carbonyl (C=O) groups excluding carboxylic acids is 1. The summed E-state index contributed by atoms with van der Waals surface area (Å²) in [5.41, 5.74) is 1.09. The predicted octanol–water partition coefficient (Wildman–Crippen LogP) is 2.49. The molecule has 1 amide bonds. The molecule has 0 aliphatic carbocycles. The smallest absolute Gasteiger partial charge is 0.226 e. The average Bonchev–Trinajstić information content (AvgIpc) is 3.09. The van der Waals surface area contributed by atoms with E-state index in [-0.39, 0.29) is 30.4 Å². The lowest BCUT2D eigenvalue weighted by Crippen LogP contribution is -2.48. The number of amides is 1. The highest BCUT2D eigenvalue weighted by Gasteiger charge is 2.33. The first-order valence-electron chi connectivity index (χ1n) is 9.05. The summed E-state index contributed by atoms with van der Waals surface area (Å²) in [6.07, 6.45) is 5.27. The second kappa shape index (κ2) is 7.83. The second-order valence-electron chi connectivity index (χ2n) is 7.17. The number of aryl methyl sites for hydroxylation is 1. The largest absolute Gasteiger partial charge is 0.394 e. The molecule has 0 spiro atoms. The molecule has 134 valence electrons. The molecule has 5 nitrogen and oxygen atoms in total. The molecule has 0 saturated carbocycles. The van der Waals surface area contributed by atoms with Crippen molar-refractivity contribution in [1.29, 1.82) is 0 Å². The van der Waals surface area contributed by atoms with Crippen LogP contribution in [0, 0.1) is 11.8 Å². The van der Waals surface area contributed by atoms with Crippen LogP contribution in [0.2, 0.25) is 0 Å². The Morgan fingerprint density at radius 2 is 2.12 bits per heavy atom. The molecule has 0 bridgehead atoms. The van der Waals surface area contributed by atoms with E-state index in [1.807, 2.05) is 41.4 Å². The molecule has 0 saturated heterocycles. The van der Waals surface area contributed by atoms with Gasteiger partial charge in [-0.15, -0.1) is 0 Å². The standard InChI is InChI=1S/C20H27N3O2/c1-15(2)18(14-24)23(13-16-6-4-3-5-7-16)20(25)17-8-10-22-11-9-21-19(22)12-17/h3-7,9,11,15,17-18,24H,8,10,12-14H2,1-2H3. The van der Waals surface area contributed by atoms with Crippen LogP contribution in [0.4, 0.5) is 0 Å². The number of aliphatic hydroxyl groups excluding tert-OH is 1. The summed E-state index contributed by atoms with van der Waals surface area (Å²) in [4.78, 5) is 19.6. The lowest BCUT2D eigenvalue weighted by Gasteiger charge is -2.37. The van der Waals surface area contributed by atoms with E-state index in [1.165, 1.54) is 0 Å². The molecule has 1 aromatic carbocycles. The molecule has 1 aliphatic rings. The minimum Gasteiger partial charge on any atom is -0.394 e. The number of nitrogens with zero attached hydrogens (tertiary/aromatic N) is 3. The Hall–Kier alpha value is -2.14. The molecule has 0 radical (unpaired) electrons. The van der Waals surface area contributed by atoms with Crippen LogP contribution in [0.3, 0.4) is 0 Å². The summed E-state index contributed by atoms with van der Waals surface area (Å²) < 4.78 is 2.12. The number of hydrogen-bond donors (Lipinski definition) is 1. The van der Waals surface area contributed by atoms with Crippen molar-refractivity contribution < 1.29 is 9.90 Å². The van der Waals surface area contributed by atoms with Crippen LogP contribution in [0.25, 0.3) is 0 Å². The second-order valence-corrected chi connectivity index (χ2v) is 7.17. The molecule has 1 aromatic heterocycles. The summed E-state index contributed by atoms with van der Waals surface area (Å²) in [5, 5.41) is 9.91. The van der Waals surface area contributed by atoms with E-state index >= 15 is 0 Å². The first-order chi connectivity index (χ1) is 12.1. The highest BCUT2D eigenvalue weighted by molar-refractivity contribution is 5.79. The lowest BCUT2D eigenvalue weighted by atomic mass is 9.93. The Kier molecular flexibility index (Phi) is 5.53. The Balaban J connectivity index is 1.81. The Bertz CT molecular complexity index is 696. The number of aromatic nitrogens is 2. The minimum absolute atomic E-state index is 0.0163. The van der Waals surface area contributed by atoms with Gasteiger partial charge < -0.3 is 14.6 Å². The van der Waals surface area contributed by atoms with Gasteiger partial charge in [-0.25, -0.2) is 4.98 Å². The number of rotatable bonds is 6. The van der Waals surface area contributed by atoms with Gasteiger partial charge in [0.15, 0.2) is 0 Å². The van der Waals surface area contributed by atoms with E-state index in [0.29, 0.717) is 13.0 Å². The summed E-state index contributed by atoms with van der Waals surface area (Å²) in [5.74, 6) is 1.25. The fourth-order valence-electron chi connectivity index (χ4n) is 3.60. The molecule has 25 heavy (non-hydrogen) atoms. The molecule has 0 fully saturated rings. The molecular formula is C20H27N3O2. The SMILES string of the molecule is CC(C)C(CO)N(Cc1ccccc1)C(=O)C1CCn2ccnc2C1. The zero-order chi connectivity index (χ0) is 17.8.